The van der Waals surface area contributed by atoms with Crippen LogP contribution in [0.1, 0.15) is 29.4 Å². The predicted octanol–water partition coefficient (Wildman–Crippen LogP) is 3.32. The number of aromatic amines is 1. The number of methoxy groups -OCH3 is 1. The summed E-state index contributed by atoms with van der Waals surface area (Å²) in [7, 11) is 1.56. The summed E-state index contributed by atoms with van der Waals surface area (Å²) in [4.78, 5) is 24.8. The van der Waals surface area contributed by atoms with Gasteiger partial charge in [0.25, 0.3) is 5.91 Å². The van der Waals surface area contributed by atoms with Crippen molar-refractivity contribution in [3.05, 3.63) is 54.5 Å². The number of H-pyrrole nitrogens is 1. The van der Waals surface area contributed by atoms with E-state index in [9.17, 15) is 4.79 Å². The lowest BCUT2D eigenvalue weighted by atomic mass is 10.1. The van der Waals surface area contributed by atoms with Gasteiger partial charge in [-0.3, -0.25) is 4.79 Å². The second-order valence-electron chi connectivity index (χ2n) is 9.10. The van der Waals surface area contributed by atoms with Crippen LogP contribution in [0.5, 0.6) is 5.75 Å². The van der Waals surface area contributed by atoms with Gasteiger partial charge in [0.1, 0.15) is 29.3 Å². The van der Waals surface area contributed by atoms with Gasteiger partial charge < -0.3 is 31.8 Å². The number of ether oxygens (including phenoxy) is 1. The minimum absolute atomic E-state index is 0.220. The van der Waals surface area contributed by atoms with Gasteiger partial charge in [-0.2, -0.15) is 5.10 Å². The zero-order chi connectivity index (χ0) is 25.5. The Labute approximate surface area is 212 Å². The highest BCUT2D eigenvalue weighted by atomic mass is 16.5. The average molecular weight is 498 g/mol. The van der Waals surface area contributed by atoms with Crippen molar-refractivity contribution in [1.29, 1.82) is 0 Å². The molecule has 1 saturated heterocycles. The van der Waals surface area contributed by atoms with Crippen molar-refractivity contribution in [2.45, 2.75) is 18.9 Å². The van der Waals surface area contributed by atoms with Crippen LogP contribution >= 0.6 is 0 Å². The molecule has 0 atom stereocenters. The summed E-state index contributed by atoms with van der Waals surface area (Å²) in [5.41, 5.74) is 16.7. The molecule has 11 nitrogen and oxygen atoms in total. The SMILES string of the molecule is COc1cc(-c2nn(C3CCNCC3)c3ncnc(N)c23)ccc1NC(=O)c1cc2cccc(N)c2[nH]1. The molecular formula is C26H27N9O2. The molecule has 0 radical (unpaired) electrons. The van der Waals surface area contributed by atoms with E-state index >= 15 is 0 Å². The second-order valence-corrected chi connectivity index (χ2v) is 9.10. The third-order valence-corrected chi connectivity index (χ3v) is 6.83. The lowest BCUT2D eigenvalue weighted by molar-refractivity contribution is 0.102. The van der Waals surface area contributed by atoms with Crippen LogP contribution in [0.4, 0.5) is 17.2 Å². The number of rotatable bonds is 5. The van der Waals surface area contributed by atoms with Crippen molar-refractivity contribution in [3.63, 3.8) is 0 Å². The maximum absolute atomic E-state index is 13.0. The predicted molar refractivity (Wildman–Crippen MR) is 144 cm³/mol. The van der Waals surface area contributed by atoms with Gasteiger partial charge >= 0.3 is 0 Å². The quantitative estimate of drug-likeness (QED) is 0.231. The molecule has 5 aromatic rings. The molecule has 188 valence electrons. The molecule has 7 N–H and O–H groups in total. The fourth-order valence-electron chi connectivity index (χ4n) is 4.94. The number of nitrogen functional groups attached to an aromatic ring is 2. The van der Waals surface area contributed by atoms with E-state index in [0.29, 0.717) is 45.4 Å². The normalized spacial score (nSPS) is 14.3. The first-order valence-corrected chi connectivity index (χ1v) is 12.1. The standard InChI is InChI=1S/C26H27N9O2/c1-37-20-12-15(5-6-18(20)33-26(36)19-11-14-3-2-4-17(27)22(14)32-19)23-21-24(28)30-13-31-25(21)35(34-23)16-7-9-29-10-8-16/h2-6,11-13,16,29,32H,7-10,27H2,1H3,(H,33,36)(H2,28,30,31). The number of piperidine rings is 1. The van der Waals surface area contributed by atoms with Crippen LogP contribution < -0.4 is 26.8 Å². The van der Waals surface area contributed by atoms with Crippen molar-refractivity contribution in [3.8, 4) is 17.0 Å². The number of anilines is 3. The van der Waals surface area contributed by atoms with Crippen LogP contribution in [0.2, 0.25) is 0 Å². The number of nitrogens with zero attached hydrogens (tertiary/aromatic N) is 4. The summed E-state index contributed by atoms with van der Waals surface area (Å²) in [6, 6.07) is 13.0. The highest BCUT2D eigenvalue weighted by Crippen LogP contribution is 2.37. The Morgan fingerprint density at radius 1 is 1.14 bits per heavy atom. The van der Waals surface area contributed by atoms with Gasteiger partial charge in [-0.05, 0) is 50.2 Å². The first-order chi connectivity index (χ1) is 18.0. The molecule has 37 heavy (non-hydrogen) atoms. The zero-order valence-electron chi connectivity index (χ0n) is 20.3. The Morgan fingerprint density at radius 3 is 2.76 bits per heavy atom. The summed E-state index contributed by atoms with van der Waals surface area (Å²) in [5, 5.41) is 12.8. The molecule has 0 saturated carbocycles. The number of aromatic nitrogens is 5. The van der Waals surface area contributed by atoms with E-state index in [0.717, 1.165) is 42.4 Å². The van der Waals surface area contributed by atoms with Crippen molar-refractivity contribution in [1.82, 2.24) is 30.0 Å². The highest BCUT2D eigenvalue weighted by Gasteiger charge is 2.24. The smallest absolute Gasteiger partial charge is 0.272 e. The van der Waals surface area contributed by atoms with E-state index in [-0.39, 0.29) is 11.9 Å². The number of benzene rings is 2. The number of nitrogens with one attached hydrogen (secondary N) is 3. The Balaban J connectivity index is 1.36. The highest BCUT2D eigenvalue weighted by molar-refractivity contribution is 6.08. The van der Waals surface area contributed by atoms with Crippen LogP contribution in [-0.4, -0.2) is 50.8 Å². The molecule has 0 spiro atoms. The molecule has 6 rings (SSSR count). The summed E-state index contributed by atoms with van der Waals surface area (Å²) in [5.74, 6) is 0.552. The first kappa shape index (κ1) is 22.8. The molecule has 3 aromatic heterocycles. The molecule has 1 amide bonds. The van der Waals surface area contributed by atoms with Crippen molar-refractivity contribution >= 4 is 45.0 Å². The number of para-hydroxylation sites is 1. The number of nitrogens with two attached hydrogens (primary N) is 2. The summed E-state index contributed by atoms with van der Waals surface area (Å²) >= 11 is 0. The molecule has 1 fully saturated rings. The Hall–Kier alpha value is -4.64. The van der Waals surface area contributed by atoms with Crippen LogP contribution in [0, 0.1) is 0 Å². The van der Waals surface area contributed by atoms with E-state index in [1.165, 1.54) is 6.33 Å². The topological polar surface area (TPSA) is 162 Å². The van der Waals surface area contributed by atoms with Crippen molar-refractivity contribution in [2.24, 2.45) is 0 Å². The largest absolute Gasteiger partial charge is 0.495 e. The third-order valence-electron chi connectivity index (χ3n) is 6.83. The van der Waals surface area contributed by atoms with E-state index in [1.807, 2.05) is 28.9 Å². The van der Waals surface area contributed by atoms with Crippen LogP contribution in [0.3, 0.4) is 0 Å². The lowest BCUT2D eigenvalue weighted by Crippen LogP contribution is -2.30. The zero-order valence-corrected chi connectivity index (χ0v) is 20.3. The maximum atomic E-state index is 13.0. The fraction of sp³-hybridized carbons (Fsp3) is 0.231. The van der Waals surface area contributed by atoms with E-state index in [1.54, 1.807) is 25.3 Å². The van der Waals surface area contributed by atoms with Gasteiger partial charge in [-0.1, -0.05) is 18.2 Å². The van der Waals surface area contributed by atoms with E-state index < -0.39 is 0 Å². The number of hydrogen-bond acceptors (Lipinski definition) is 8. The van der Waals surface area contributed by atoms with E-state index in [2.05, 4.69) is 25.6 Å². The number of hydrogen-bond donors (Lipinski definition) is 5. The molecule has 1 aliphatic rings. The van der Waals surface area contributed by atoms with Crippen LogP contribution in [0.15, 0.2) is 48.8 Å². The summed E-state index contributed by atoms with van der Waals surface area (Å²) < 4.78 is 7.60. The van der Waals surface area contributed by atoms with Gasteiger partial charge in [0.2, 0.25) is 0 Å². The van der Waals surface area contributed by atoms with E-state index in [4.69, 9.17) is 21.3 Å². The Kier molecular flexibility index (Phi) is 5.61. The Morgan fingerprint density at radius 2 is 1.97 bits per heavy atom. The number of carbonyl (C=O) groups is 1. The summed E-state index contributed by atoms with van der Waals surface area (Å²) in [6.45, 7) is 1.85. The van der Waals surface area contributed by atoms with Gasteiger partial charge in [-0.15, -0.1) is 0 Å². The number of carbonyl (C=O) groups excluding carboxylic acids is 1. The minimum atomic E-state index is -0.306. The maximum Gasteiger partial charge on any atom is 0.272 e. The number of amides is 1. The molecule has 0 aliphatic carbocycles. The monoisotopic (exact) mass is 497 g/mol. The fourth-order valence-corrected chi connectivity index (χ4v) is 4.94. The molecule has 0 bridgehead atoms. The van der Waals surface area contributed by atoms with Crippen molar-refractivity contribution < 1.29 is 9.53 Å². The van der Waals surface area contributed by atoms with Gasteiger partial charge in [0.15, 0.2) is 5.65 Å². The van der Waals surface area contributed by atoms with Gasteiger partial charge in [-0.25, -0.2) is 14.6 Å². The molecule has 2 aromatic carbocycles. The molecule has 11 heteroatoms. The Bertz CT molecular complexity index is 1630. The summed E-state index contributed by atoms with van der Waals surface area (Å²) in [6.07, 6.45) is 3.37. The molecule has 4 heterocycles. The molecule has 1 aliphatic heterocycles. The van der Waals surface area contributed by atoms with Crippen LogP contribution in [-0.2, 0) is 0 Å². The lowest BCUT2D eigenvalue weighted by Gasteiger charge is -2.23. The number of fused-ring (bicyclic) bond motifs is 2. The molecule has 0 unspecified atom stereocenters. The average Bonchev–Trinajstić information content (AvgIpc) is 3.54. The third kappa shape index (κ3) is 3.99. The minimum Gasteiger partial charge on any atom is -0.495 e. The van der Waals surface area contributed by atoms with Gasteiger partial charge in [0, 0.05) is 10.9 Å². The first-order valence-electron chi connectivity index (χ1n) is 12.1. The second kappa shape index (κ2) is 9.10. The van der Waals surface area contributed by atoms with Gasteiger partial charge in [0.05, 0.1) is 35.4 Å². The van der Waals surface area contributed by atoms with Crippen LogP contribution in [0.25, 0.3) is 33.2 Å². The molecular weight excluding hydrogens is 470 g/mol. The van der Waals surface area contributed by atoms with Crippen molar-refractivity contribution in [2.75, 3.05) is 37.0 Å².